The van der Waals surface area contributed by atoms with Crippen LogP contribution in [0.1, 0.15) is 32.4 Å². The Labute approximate surface area is 266 Å². The molecular formula is C34H34N6O2S2. The van der Waals surface area contributed by atoms with Crippen molar-refractivity contribution in [1.29, 1.82) is 0 Å². The van der Waals surface area contributed by atoms with Crippen molar-refractivity contribution >= 4 is 35.1 Å². The van der Waals surface area contributed by atoms with Crippen LogP contribution < -0.4 is 4.74 Å². The van der Waals surface area contributed by atoms with Gasteiger partial charge in [0.15, 0.2) is 5.16 Å². The standard InChI is InChI=1S/C34H34N6O2S2/c1-42-30-17-9-8-16-29(30)40-31(23-27-13-6-3-7-14-27)36-37-34(40)44-25-32-35-28(24-43-32)33(41)39-21-19-38(20-22-39)18-10-15-26-11-4-2-5-12-26/h2-17,24H,18-23,25H2,1H3. The van der Waals surface area contributed by atoms with Crippen LogP contribution in [0.3, 0.4) is 0 Å². The van der Waals surface area contributed by atoms with Crippen LogP contribution in [0.15, 0.2) is 102 Å². The molecule has 3 aromatic carbocycles. The van der Waals surface area contributed by atoms with Gasteiger partial charge in [-0.05, 0) is 23.3 Å². The molecule has 1 amide bonds. The molecule has 0 aliphatic carbocycles. The van der Waals surface area contributed by atoms with E-state index in [1.807, 2.05) is 70.9 Å². The average molecular weight is 623 g/mol. The Bertz CT molecular complexity index is 1700. The summed E-state index contributed by atoms with van der Waals surface area (Å²) in [4.78, 5) is 22.3. The maximum Gasteiger partial charge on any atom is 0.273 e. The van der Waals surface area contributed by atoms with Gasteiger partial charge in [0.05, 0.1) is 18.6 Å². The number of rotatable bonds is 11. The summed E-state index contributed by atoms with van der Waals surface area (Å²) >= 11 is 3.06. The Balaban J connectivity index is 1.08. The monoisotopic (exact) mass is 622 g/mol. The number of thioether (sulfide) groups is 1. The van der Waals surface area contributed by atoms with Crippen molar-refractivity contribution in [3.63, 3.8) is 0 Å². The van der Waals surface area contributed by atoms with Crippen molar-refractivity contribution < 1.29 is 9.53 Å². The molecular weight excluding hydrogens is 589 g/mol. The molecule has 5 aromatic rings. The number of benzene rings is 3. The first-order valence-corrected chi connectivity index (χ1v) is 16.5. The highest BCUT2D eigenvalue weighted by molar-refractivity contribution is 7.98. The number of amides is 1. The third kappa shape index (κ3) is 7.27. The fourth-order valence-corrected chi connectivity index (χ4v) is 6.89. The summed E-state index contributed by atoms with van der Waals surface area (Å²) < 4.78 is 7.74. The SMILES string of the molecule is COc1ccccc1-n1c(Cc2ccccc2)nnc1SCc1nc(C(=O)N2CCN(CC=Cc3ccccc3)CC2)cs1. The van der Waals surface area contributed by atoms with E-state index < -0.39 is 0 Å². The number of ether oxygens (including phenoxy) is 1. The third-order valence-electron chi connectivity index (χ3n) is 7.46. The second kappa shape index (κ2) is 14.5. The fourth-order valence-electron chi connectivity index (χ4n) is 5.14. The summed E-state index contributed by atoms with van der Waals surface area (Å²) in [7, 11) is 1.67. The molecule has 10 heteroatoms. The molecule has 1 fully saturated rings. The highest BCUT2D eigenvalue weighted by Crippen LogP contribution is 2.31. The number of hydrogen-bond donors (Lipinski definition) is 0. The Morgan fingerprint density at radius 1 is 0.932 bits per heavy atom. The lowest BCUT2D eigenvalue weighted by atomic mass is 10.1. The minimum Gasteiger partial charge on any atom is -0.495 e. The molecule has 224 valence electrons. The number of methoxy groups -OCH3 is 1. The van der Waals surface area contributed by atoms with Gasteiger partial charge in [-0.1, -0.05) is 96.7 Å². The van der Waals surface area contributed by atoms with E-state index in [-0.39, 0.29) is 5.91 Å². The zero-order chi connectivity index (χ0) is 30.1. The predicted molar refractivity (Wildman–Crippen MR) is 177 cm³/mol. The maximum absolute atomic E-state index is 13.3. The van der Waals surface area contributed by atoms with Crippen LogP contribution in [0.2, 0.25) is 0 Å². The van der Waals surface area contributed by atoms with Gasteiger partial charge in [-0.2, -0.15) is 0 Å². The second-order valence-electron chi connectivity index (χ2n) is 10.4. The van der Waals surface area contributed by atoms with E-state index in [1.54, 1.807) is 18.9 Å². The normalized spacial score (nSPS) is 13.9. The molecule has 0 bridgehead atoms. The minimum absolute atomic E-state index is 0.000635. The van der Waals surface area contributed by atoms with Gasteiger partial charge in [-0.3, -0.25) is 14.3 Å². The number of nitrogens with zero attached hydrogens (tertiary/aromatic N) is 6. The lowest BCUT2D eigenvalue weighted by molar-refractivity contribution is 0.0645. The van der Waals surface area contributed by atoms with Crippen LogP contribution in [0.5, 0.6) is 5.75 Å². The van der Waals surface area contributed by atoms with Gasteiger partial charge in [-0.25, -0.2) is 4.98 Å². The largest absolute Gasteiger partial charge is 0.495 e. The zero-order valence-corrected chi connectivity index (χ0v) is 26.2. The maximum atomic E-state index is 13.3. The first-order valence-electron chi connectivity index (χ1n) is 14.6. The van der Waals surface area contributed by atoms with Gasteiger partial charge >= 0.3 is 0 Å². The van der Waals surface area contributed by atoms with Crippen molar-refractivity contribution in [1.82, 2.24) is 29.5 Å². The molecule has 0 radical (unpaired) electrons. The lowest BCUT2D eigenvalue weighted by Crippen LogP contribution is -2.48. The van der Waals surface area contributed by atoms with Crippen LogP contribution in [-0.4, -0.2) is 75.3 Å². The van der Waals surface area contributed by atoms with Crippen LogP contribution in [-0.2, 0) is 12.2 Å². The topological polar surface area (TPSA) is 76.4 Å². The van der Waals surface area contributed by atoms with Gasteiger partial charge < -0.3 is 9.64 Å². The molecule has 0 spiro atoms. The summed E-state index contributed by atoms with van der Waals surface area (Å²) in [6.45, 7) is 3.97. The number of carbonyl (C=O) groups excluding carboxylic acids is 1. The minimum atomic E-state index is -0.000635. The molecule has 8 nitrogen and oxygen atoms in total. The zero-order valence-electron chi connectivity index (χ0n) is 24.6. The number of thiazole rings is 1. The summed E-state index contributed by atoms with van der Waals surface area (Å²) in [5.74, 6) is 2.16. The Morgan fingerprint density at radius 3 is 2.43 bits per heavy atom. The molecule has 2 aromatic heterocycles. The molecule has 1 aliphatic heterocycles. The number of aromatic nitrogens is 4. The Hall–Kier alpha value is -4.25. The molecule has 3 heterocycles. The van der Waals surface area contributed by atoms with Crippen molar-refractivity contribution in [2.45, 2.75) is 17.3 Å². The van der Waals surface area contributed by atoms with E-state index in [0.717, 1.165) is 52.6 Å². The van der Waals surface area contributed by atoms with Gasteiger partial charge in [-0.15, -0.1) is 21.5 Å². The number of hydrogen-bond acceptors (Lipinski definition) is 8. The van der Waals surface area contributed by atoms with Gasteiger partial charge in [0, 0.05) is 44.5 Å². The van der Waals surface area contributed by atoms with Crippen LogP contribution in [0, 0.1) is 0 Å². The van der Waals surface area contributed by atoms with Crippen LogP contribution >= 0.6 is 23.1 Å². The van der Waals surface area contributed by atoms with Gasteiger partial charge in [0.2, 0.25) is 0 Å². The molecule has 1 aliphatic rings. The molecule has 0 N–H and O–H groups in total. The molecule has 0 atom stereocenters. The van der Waals surface area contributed by atoms with Gasteiger partial charge in [0.1, 0.15) is 22.3 Å². The van der Waals surface area contributed by atoms with Gasteiger partial charge in [0.25, 0.3) is 5.91 Å². The highest BCUT2D eigenvalue weighted by atomic mass is 32.2. The van der Waals surface area contributed by atoms with Crippen molar-refractivity contribution in [3.8, 4) is 11.4 Å². The molecule has 1 saturated heterocycles. The highest BCUT2D eigenvalue weighted by Gasteiger charge is 2.24. The summed E-state index contributed by atoms with van der Waals surface area (Å²) in [5.41, 5.74) is 3.75. The van der Waals surface area contributed by atoms with E-state index in [4.69, 9.17) is 9.72 Å². The average Bonchev–Trinajstić information content (AvgIpc) is 3.72. The van der Waals surface area contributed by atoms with Crippen LogP contribution in [0.4, 0.5) is 0 Å². The van der Waals surface area contributed by atoms with E-state index in [9.17, 15) is 4.79 Å². The predicted octanol–water partition coefficient (Wildman–Crippen LogP) is 6.09. The lowest BCUT2D eigenvalue weighted by Gasteiger charge is -2.33. The van der Waals surface area contributed by atoms with E-state index in [2.05, 4.69) is 56.1 Å². The Kier molecular flexibility index (Phi) is 9.81. The molecule has 6 rings (SSSR count). The van der Waals surface area contributed by atoms with E-state index >= 15 is 0 Å². The smallest absolute Gasteiger partial charge is 0.273 e. The molecule has 0 unspecified atom stereocenters. The third-order valence-corrected chi connectivity index (χ3v) is 9.43. The fraction of sp³-hybridized carbons (Fsp3) is 0.235. The Morgan fingerprint density at radius 2 is 1.66 bits per heavy atom. The molecule has 0 saturated carbocycles. The number of para-hydroxylation sites is 2. The van der Waals surface area contributed by atoms with Crippen molar-refractivity contribution in [3.05, 3.63) is 124 Å². The number of piperazine rings is 1. The van der Waals surface area contributed by atoms with E-state index in [0.29, 0.717) is 31.0 Å². The first kappa shape index (κ1) is 29.8. The summed E-state index contributed by atoms with van der Waals surface area (Å²) in [6, 6.07) is 28.4. The number of carbonyl (C=O) groups is 1. The van der Waals surface area contributed by atoms with Crippen LogP contribution in [0.25, 0.3) is 11.8 Å². The summed E-state index contributed by atoms with van der Waals surface area (Å²) in [5, 5.41) is 12.6. The van der Waals surface area contributed by atoms with Crippen molar-refractivity contribution in [2.24, 2.45) is 0 Å². The first-order chi connectivity index (χ1) is 21.7. The van der Waals surface area contributed by atoms with E-state index in [1.165, 1.54) is 16.9 Å². The summed E-state index contributed by atoms with van der Waals surface area (Å²) in [6.07, 6.45) is 4.98. The molecule has 44 heavy (non-hydrogen) atoms. The van der Waals surface area contributed by atoms with Crippen molar-refractivity contribution in [2.75, 3.05) is 39.8 Å². The second-order valence-corrected chi connectivity index (χ2v) is 12.3. The quantitative estimate of drug-likeness (QED) is 0.165.